The molecule has 1 aromatic heterocycles. The van der Waals surface area contributed by atoms with Gasteiger partial charge in [0.1, 0.15) is 0 Å². The summed E-state index contributed by atoms with van der Waals surface area (Å²) in [6.07, 6.45) is 5.05. The smallest absolute Gasteiger partial charge is 0.263 e. The molecule has 30 heavy (non-hydrogen) atoms. The van der Waals surface area contributed by atoms with E-state index in [4.69, 9.17) is 9.47 Å². The summed E-state index contributed by atoms with van der Waals surface area (Å²) in [4.78, 5) is 18.6. The van der Waals surface area contributed by atoms with E-state index in [1.165, 1.54) is 5.56 Å². The van der Waals surface area contributed by atoms with E-state index < -0.39 is 0 Å². The van der Waals surface area contributed by atoms with E-state index in [2.05, 4.69) is 23.7 Å². The van der Waals surface area contributed by atoms with Crippen molar-refractivity contribution in [2.75, 3.05) is 12.0 Å². The lowest BCUT2D eigenvalue weighted by Gasteiger charge is -2.21. The monoisotopic (exact) mass is 400 g/mol. The van der Waals surface area contributed by atoms with E-state index in [0.29, 0.717) is 28.4 Å². The highest BCUT2D eigenvalue weighted by Gasteiger charge is 2.32. The van der Waals surface area contributed by atoms with Crippen LogP contribution in [-0.4, -0.2) is 24.1 Å². The van der Waals surface area contributed by atoms with E-state index in [9.17, 15) is 4.79 Å². The molecular formula is C25H24N2O3. The van der Waals surface area contributed by atoms with Crippen LogP contribution in [0, 0.1) is 0 Å². The van der Waals surface area contributed by atoms with Crippen molar-refractivity contribution in [3.05, 3.63) is 90.3 Å². The molecule has 0 bridgehead atoms. The van der Waals surface area contributed by atoms with Gasteiger partial charge in [-0.25, -0.2) is 0 Å². The van der Waals surface area contributed by atoms with Crippen molar-refractivity contribution in [2.45, 2.75) is 25.9 Å². The second-order valence-corrected chi connectivity index (χ2v) is 7.30. The van der Waals surface area contributed by atoms with Crippen molar-refractivity contribution < 1.29 is 14.3 Å². The molecule has 3 aromatic rings. The van der Waals surface area contributed by atoms with Gasteiger partial charge in [0, 0.05) is 24.0 Å². The fourth-order valence-corrected chi connectivity index (χ4v) is 3.63. The third kappa shape index (κ3) is 3.79. The number of pyridine rings is 1. The Kier molecular flexibility index (Phi) is 5.53. The van der Waals surface area contributed by atoms with E-state index in [0.717, 1.165) is 18.4 Å². The van der Waals surface area contributed by atoms with Gasteiger partial charge >= 0.3 is 0 Å². The van der Waals surface area contributed by atoms with Crippen molar-refractivity contribution in [3.63, 3.8) is 0 Å². The number of hydrogen-bond acceptors (Lipinski definition) is 4. The number of ether oxygens (including phenoxy) is 2. The van der Waals surface area contributed by atoms with Crippen LogP contribution < -0.4 is 14.4 Å². The maximum atomic E-state index is 12.9. The second kappa shape index (κ2) is 8.41. The lowest BCUT2D eigenvalue weighted by Crippen LogP contribution is -2.22. The molecular weight excluding hydrogens is 376 g/mol. The summed E-state index contributed by atoms with van der Waals surface area (Å²) in [6.45, 7) is 6.13. The molecule has 1 amide bonds. The summed E-state index contributed by atoms with van der Waals surface area (Å²) in [5.41, 5.74) is 3.92. The molecule has 1 aliphatic heterocycles. The van der Waals surface area contributed by atoms with Gasteiger partial charge in [0.25, 0.3) is 5.91 Å². The van der Waals surface area contributed by atoms with Gasteiger partial charge in [0.2, 0.25) is 0 Å². The summed E-state index contributed by atoms with van der Waals surface area (Å²) < 4.78 is 11.7. The van der Waals surface area contributed by atoms with E-state index in [-0.39, 0.29) is 12.0 Å². The molecule has 2 heterocycles. The number of aryl methyl sites for hydroxylation is 1. The van der Waals surface area contributed by atoms with Gasteiger partial charge in [0.15, 0.2) is 11.5 Å². The highest BCUT2D eigenvalue weighted by atomic mass is 16.5. The van der Waals surface area contributed by atoms with Crippen LogP contribution in [0.4, 0.5) is 5.69 Å². The summed E-state index contributed by atoms with van der Waals surface area (Å²) in [7, 11) is 1.61. The molecule has 1 unspecified atom stereocenters. The minimum atomic E-state index is -0.120. The lowest BCUT2D eigenvalue weighted by atomic mass is 10.1. The standard InChI is InChI=1S/C25H24N2O3/c1-17(9-10-19-7-5-4-6-8-19)30-24-15-20(11-12-23(24)29-3)27-18(2)22-16-26-14-13-21(22)25(27)28/h4-8,11-17H,2,9-10H2,1,3H3. The average Bonchev–Trinajstić information content (AvgIpc) is 3.03. The maximum Gasteiger partial charge on any atom is 0.263 e. The molecule has 0 N–H and O–H groups in total. The van der Waals surface area contributed by atoms with Crippen LogP contribution in [0.15, 0.2) is 73.6 Å². The topological polar surface area (TPSA) is 51.7 Å². The number of carbonyl (C=O) groups is 1. The highest BCUT2D eigenvalue weighted by Crippen LogP contribution is 2.39. The number of rotatable bonds is 7. The first-order valence-corrected chi connectivity index (χ1v) is 9.95. The number of nitrogens with zero attached hydrogens (tertiary/aromatic N) is 2. The molecule has 0 radical (unpaired) electrons. The van der Waals surface area contributed by atoms with Crippen LogP contribution >= 0.6 is 0 Å². The predicted molar refractivity (Wildman–Crippen MR) is 118 cm³/mol. The van der Waals surface area contributed by atoms with Gasteiger partial charge in [0.05, 0.1) is 30.2 Å². The van der Waals surface area contributed by atoms with Crippen molar-refractivity contribution in [1.29, 1.82) is 0 Å². The van der Waals surface area contributed by atoms with Crippen LogP contribution in [0.5, 0.6) is 11.5 Å². The Morgan fingerprint density at radius 2 is 1.87 bits per heavy atom. The normalized spacial score (nSPS) is 13.9. The van der Waals surface area contributed by atoms with E-state index >= 15 is 0 Å². The molecule has 0 aliphatic carbocycles. The van der Waals surface area contributed by atoms with Crippen LogP contribution in [0.1, 0.15) is 34.8 Å². The summed E-state index contributed by atoms with van der Waals surface area (Å²) in [5.74, 6) is 1.11. The van der Waals surface area contributed by atoms with Crippen LogP contribution in [-0.2, 0) is 6.42 Å². The van der Waals surface area contributed by atoms with E-state index in [1.54, 1.807) is 30.5 Å². The Morgan fingerprint density at radius 1 is 1.07 bits per heavy atom. The fraction of sp³-hybridized carbons (Fsp3) is 0.200. The molecule has 1 aliphatic rings. The fourth-order valence-electron chi connectivity index (χ4n) is 3.63. The molecule has 5 heteroatoms. The maximum absolute atomic E-state index is 12.9. The number of hydrogen-bond donors (Lipinski definition) is 0. The zero-order valence-electron chi connectivity index (χ0n) is 17.2. The number of fused-ring (bicyclic) bond motifs is 1. The Balaban J connectivity index is 1.54. The number of carbonyl (C=O) groups excluding carboxylic acids is 1. The number of benzene rings is 2. The molecule has 4 rings (SSSR count). The van der Waals surface area contributed by atoms with Gasteiger partial charge in [-0.05, 0) is 43.5 Å². The number of anilines is 1. The Bertz CT molecular complexity index is 1040. The predicted octanol–water partition coefficient (Wildman–Crippen LogP) is 5.12. The highest BCUT2D eigenvalue weighted by molar-refractivity contribution is 6.21. The molecule has 0 saturated carbocycles. The molecule has 2 aromatic carbocycles. The molecule has 152 valence electrons. The summed E-state index contributed by atoms with van der Waals surface area (Å²) >= 11 is 0. The van der Waals surface area contributed by atoms with Crippen molar-refractivity contribution in [3.8, 4) is 11.5 Å². The van der Waals surface area contributed by atoms with E-state index in [1.807, 2.05) is 43.3 Å². The summed E-state index contributed by atoms with van der Waals surface area (Å²) in [5, 5.41) is 0. The Morgan fingerprint density at radius 3 is 2.60 bits per heavy atom. The third-order valence-corrected chi connectivity index (χ3v) is 5.25. The van der Waals surface area contributed by atoms with Crippen molar-refractivity contribution in [2.24, 2.45) is 0 Å². The zero-order valence-corrected chi connectivity index (χ0v) is 17.2. The van der Waals surface area contributed by atoms with Gasteiger partial charge in [-0.2, -0.15) is 0 Å². The lowest BCUT2D eigenvalue weighted by molar-refractivity contribution is 0.101. The molecule has 0 spiro atoms. The first-order valence-electron chi connectivity index (χ1n) is 9.95. The van der Waals surface area contributed by atoms with Gasteiger partial charge in [-0.1, -0.05) is 36.9 Å². The SMILES string of the molecule is C=C1c2cnccc2C(=O)N1c1ccc(OC)c(OC(C)CCc2ccccc2)c1. The molecule has 0 saturated heterocycles. The Hall–Kier alpha value is -3.60. The average molecular weight is 400 g/mol. The largest absolute Gasteiger partial charge is 0.493 e. The molecule has 1 atom stereocenters. The Labute approximate surface area is 176 Å². The first kappa shape index (κ1) is 19.7. The summed E-state index contributed by atoms with van der Waals surface area (Å²) in [6, 6.07) is 17.5. The number of aromatic nitrogens is 1. The zero-order chi connectivity index (χ0) is 21.1. The molecule has 0 fully saturated rings. The minimum absolute atomic E-state index is 0.0202. The quantitative estimate of drug-likeness (QED) is 0.552. The first-order chi connectivity index (χ1) is 14.6. The third-order valence-electron chi connectivity index (χ3n) is 5.25. The minimum Gasteiger partial charge on any atom is -0.493 e. The van der Waals surface area contributed by atoms with Gasteiger partial charge in [-0.15, -0.1) is 0 Å². The van der Waals surface area contributed by atoms with Crippen molar-refractivity contribution in [1.82, 2.24) is 4.98 Å². The number of methoxy groups -OCH3 is 1. The van der Waals surface area contributed by atoms with Gasteiger partial charge in [-0.3, -0.25) is 14.7 Å². The van der Waals surface area contributed by atoms with Crippen molar-refractivity contribution >= 4 is 17.3 Å². The number of amides is 1. The molecule has 5 nitrogen and oxygen atoms in total. The van der Waals surface area contributed by atoms with Crippen LogP contribution in [0.25, 0.3) is 5.70 Å². The van der Waals surface area contributed by atoms with Crippen LogP contribution in [0.2, 0.25) is 0 Å². The second-order valence-electron chi connectivity index (χ2n) is 7.30. The van der Waals surface area contributed by atoms with Gasteiger partial charge < -0.3 is 9.47 Å². The van der Waals surface area contributed by atoms with Crippen LogP contribution in [0.3, 0.4) is 0 Å².